The number of benzene rings is 1. The molecule has 1 saturated heterocycles. The van der Waals surface area contributed by atoms with Crippen LogP contribution in [0.2, 0.25) is 5.02 Å². The number of hydrogen-bond donors (Lipinski definition) is 1. The minimum Gasteiger partial charge on any atom is -0.296 e. The molecule has 102 valence electrons. The van der Waals surface area contributed by atoms with Crippen molar-refractivity contribution in [3.8, 4) is 0 Å². The zero-order valence-electron chi connectivity index (χ0n) is 11.4. The van der Waals surface area contributed by atoms with Crippen molar-refractivity contribution in [1.82, 2.24) is 5.32 Å². The molecule has 2 unspecified atom stereocenters. The first-order chi connectivity index (χ1) is 8.80. The number of carbonyl (C=O) groups is 2. The van der Waals surface area contributed by atoms with Crippen LogP contribution < -0.4 is 5.32 Å². The van der Waals surface area contributed by atoms with E-state index in [4.69, 9.17) is 11.6 Å². The molecule has 2 amide bonds. The number of piperidine rings is 1. The van der Waals surface area contributed by atoms with E-state index < -0.39 is 0 Å². The Morgan fingerprint density at radius 3 is 2.42 bits per heavy atom. The van der Waals surface area contributed by atoms with Crippen LogP contribution in [-0.4, -0.2) is 11.8 Å². The largest absolute Gasteiger partial charge is 0.296 e. The zero-order valence-corrected chi connectivity index (χ0v) is 12.1. The van der Waals surface area contributed by atoms with Crippen molar-refractivity contribution in [2.24, 2.45) is 11.3 Å². The van der Waals surface area contributed by atoms with Crippen molar-refractivity contribution in [2.75, 3.05) is 0 Å². The van der Waals surface area contributed by atoms with Gasteiger partial charge in [0, 0.05) is 11.4 Å². The van der Waals surface area contributed by atoms with Gasteiger partial charge in [-0.3, -0.25) is 14.9 Å². The SMILES string of the molecule is CC(C)(C)C1CC(=O)NC(=O)C1c1ccccc1Cl. The minimum absolute atomic E-state index is 0.0475. The van der Waals surface area contributed by atoms with E-state index in [-0.39, 0.29) is 29.1 Å². The number of halogens is 1. The van der Waals surface area contributed by atoms with Crippen LogP contribution in [0.25, 0.3) is 0 Å². The van der Waals surface area contributed by atoms with Crippen LogP contribution in [0.5, 0.6) is 0 Å². The fourth-order valence-electron chi connectivity index (χ4n) is 2.66. The number of carbonyl (C=O) groups excluding carboxylic acids is 2. The van der Waals surface area contributed by atoms with Gasteiger partial charge in [-0.1, -0.05) is 50.6 Å². The molecule has 0 saturated carbocycles. The van der Waals surface area contributed by atoms with Crippen LogP contribution in [0, 0.1) is 11.3 Å². The van der Waals surface area contributed by atoms with Gasteiger partial charge in [-0.15, -0.1) is 0 Å². The number of amides is 2. The van der Waals surface area contributed by atoms with Crippen molar-refractivity contribution in [3.05, 3.63) is 34.9 Å². The van der Waals surface area contributed by atoms with Crippen molar-refractivity contribution in [3.63, 3.8) is 0 Å². The molecule has 4 heteroatoms. The highest BCUT2D eigenvalue weighted by atomic mass is 35.5. The molecule has 0 aromatic heterocycles. The van der Waals surface area contributed by atoms with E-state index in [9.17, 15) is 9.59 Å². The highest BCUT2D eigenvalue weighted by Gasteiger charge is 2.43. The lowest BCUT2D eigenvalue weighted by atomic mass is 9.67. The molecule has 0 radical (unpaired) electrons. The van der Waals surface area contributed by atoms with Crippen LogP contribution in [0.3, 0.4) is 0 Å². The maximum absolute atomic E-state index is 12.2. The van der Waals surface area contributed by atoms with Gasteiger partial charge in [-0.2, -0.15) is 0 Å². The molecule has 0 spiro atoms. The molecule has 1 aromatic carbocycles. The Balaban J connectivity index is 2.47. The second-order valence-corrected chi connectivity index (χ2v) is 6.50. The summed E-state index contributed by atoms with van der Waals surface area (Å²) in [5, 5.41) is 3.00. The zero-order chi connectivity index (χ0) is 14.2. The monoisotopic (exact) mass is 279 g/mol. The van der Waals surface area contributed by atoms with Gasteiger partial charge in [0.15, 0.2) is 0 Å². The highest BCUT2D eigenvalue weighted by molar-refractivity contribution is 6.31. The lowest BCUT2D eigenvalue weighted by molar-refractivity contribution is -0.138. The van der Waals surface area contributed by atoms with Crippen molar-refractivity contribution in [1.29, 1.82) is 0 Å². The summed E-state index contributed by atoms with van der Waals surface area (Å²) in [5.74, 6) is -0.863. The van der Waals surface area contributed by atoms with Crippen LogP contribution in [0.1, 0.15) is 38.7 Å². The topological polar surface area (TPSA) is 46.2 Å². The average molecular weight is 280 g/mol. The summed E-state index contributed by atoms with van der Waals surface area (Å²) in [6.07, 6.45) is 0.352. The van der Waals surface area contributed by atoms with E-state index in [1.165, 1.54) is 0 Å². The van der Waals surface area contributed by atoms with E-state index in [2.05, 4.69) is 5.32 Å². The maximum atomic E-state index is 12.2. The van der Waals surface area contributed by atoms with E-state index in [0.717, 1.165) is 5.56 Å². The summed E-state index contributed by atoms with van der Waals surface area (Å²) in [7, 11) is 0. The summed E-state index contributed by atoms with van der Waals surface area (Å²) in [6, 6.07) is 7.34. The molecular weight excluding hydrogens is 262 g/mol. The molecule has 2 rings (SSSR count). The van der Waals surface area contributed by atoms with Crippen molar-refractivity contribution < 1.29 is 9.59 Å². The Morgan fingerprint density at radius 1 is 1.21 bits per heavy atom. The van der Waals surface area contributed by atoms with Gasteiger partial charge >= 0.3 is 0 Å². The second kappa shape index (κ2) is 4.97. The Hall–Kier alpha value is -1.35. The molecule has 1 aromatic rings. The molecule has 3 nitrogen and oxygen atoms in total. The van der Waals surface area contributed by atoms with E-state index in [0.29, 0.717) is 11.4 Å². The Kier molecular flexibility index (Phi) is 3.68. The van der Waals surface area contributed by atoms with Gasteiger partial charge in [0.2, 0.25) is 11.8 Å². The Morgan fingerprint density at radius 2 is 1.84 bits per heavy atom. The molecule has 1 N–H and O–H groups in total. The second-order valence-electron chi connectivity index (χ2n) is 6.09. The van der Waals surface area contributed by atoms with Gasteiger partial charge in [-0.25, -0.2) is 0 Å². The lowest BCUT2D eigenvalue weighted by Gasteiger charge is -2.39. The fraction of sp³-hybridized carbons (Fsp3) is 0.467. The first kappa shape index (κ1) is 14.1. The first-order valence-electron chi connectivity index (χ1n) is 6.39. The predicted molar refractivity (Wildman–Crippen MR) is 74.9 cm³/mol. The van der Waals surface area contributed by atoms with Gasteiger partial charge in [-0.05, 0) is 23.0 Å². The molecule has 1 aliphatic rings. The van der Waals surface area contributed by atoms with Crippen LogP contribution in [-0.2, 0) is 9.59 Å². The molecule has 19 heavy (non-hydrogen) atoms. The third kappa shape index (κ3) is 2.81. The summed E-state index contributed by atoms with van der Waals surface area (Å²) >= 11 is 6.21. The molecule has 1 heterocycles. The highest BCUT2D eigenvalue weighted by Crippen LogP contribution is 2.43. The third-order valence-electron chi connectivity index (χ3n) is 3.71. The molecular formula is C15H18ClNO2. The van der Waals surface area contributed by atoms with E-state index in [1.54, 1.807) is 6.07 Å². The standard InChI is InChI=1S/C15H18ClNO2/c1-15(2,3)10-8-12(18)17-14(19)13(10)9-6-4-5-7-11(9)16/h4-7,10,13H,8H2,1-3H3,(H,17,18,19). The number of hydrogen-bond acceptors (Lipinski definition) is 2. The summed E-state index contributed by atoms with van der Waals surface area (Å²) in [4.78, 5) is 23.9. The summed E-state index contributed by atoms with van der Waals surface area (Å²) in [6.45, 7) is 6.15. The van der Waals surface area contributed by atoms with E-state index >= 15 is 0 Å². The van der Waals surface area contributed by atoms with Gasteiger partial charge < -0.3 is 0 Å². The lowest BCUT2D eigenvalue weighted by Crippen LogP contribution is -2.48. The average Bonchev–Trinajstić information content (AvgIpc) is 2.28. The summed E-state index contributed by atoms with van der Waals surface area (Å²) < 4.78 is 0. The normalized spacial score (nSPS) is 24.2. The fourth-order valence-corrected chi connectivity index (χ4v) is 2.91. The third-order valence-corrected chi connectivity index (χ3v) is 4.05. The minimum atomic E-state index is -0.369. The van der Waals surface area contributed by atoms with Crippen molar-refractivity contribution in [2.45, 2.75) is 33.1 Å². The summed E-state index contributed by atoms with van der Waals surface area (Å²) in [5.41, 5.74) is 0.658. The van der Waals surface area contributed by atoms with Crippen LogP contribution >= 0.6 is 11.6 Å². The van der Waals surface area contributed by atoms with Crippen molar-refractivity contribution >= 4 is 23.4 Å². The van der Waals surface area contributed by atoms with Gasteiger partial charge in [0.05, 0.1) is 5.92 Å². The molecule has 0 bridgehead atoms. The number of imide groups is 1. The molecule has 1 fully saturated rings. The maximum Gasteiger partial charge on any atom is 0.234 e. The molecule has 1 aliphatic heterocycles. The van der Waals surface area contributed by atoms with Gasteiger partial charge in [0.1, 0.15) is 0 Å². The Labute approximate surface area is 118 Å². The Bertz CT molecular complexity index is 519. The number of rotatable bonds is 1. The van der Waals surface area contributed by atoms with Crippen LogP contribution in [0.4, 0.5) is 0 Å². The predicted octanol–water partition coefficient (Wildman–Crippen LogP) is 3.13. The van der Waals surface area contributed by atoms with Crippen LogP contribution in [0.15, 0.2) is 24.3 Å². The molecule has 2 atom stereocenters. The van der Waals surface area contributed by atoms with E-state index in [1.807, 2.05) is 39.0 Å². The van der Waals surface area contributed by atoms with Gasteiger partial charge in [0.25, 0.3) is 0 Å². The quantitative estimate of drug-likeness (QED) is 0.803. The molecule has 0 aliphatic carbocycles. The first-order valence-corrected chi connectivity index (χ1v) is 6.76. The number of nitrogens with one attached hydrogen (secondary N) is 1. The smallest absolute Gasteiger partial charge is 0.234 e.